The zero-order chi connectivity index (χ0) is 16.7. The van der Waals surface area contributed by atoms with E-state index in [4.69, 9.17) is 21.2 Å². The maximum atomic E-state index is 11.6. The highest BCUT2D eigenvalue weighted by molar-refractivity contribution is 6.30. The Morgan fingerprint density at radius 2 is 2.13 bits per heavy atom. The summed E-state index contributed by atoms with van der Waals surface area (Å²) in [6.07, 6.45) is 1.56. The maximum absolute atomic E-state index is 11.6. The number of aromatic nitrogens is 2. The molecule has 124 valence electrons. The van der Waals surface area contributed by atoms with E-state index in [0.717, 1.165) is 5.56 Å². The van der Waals surface area contributed by atoms with Crippen LogP contribution >= 0.6 is 11.6 Å². The van der Waals surface area contributed by atoms with Gasteiger partial charge in [-0.05, 0) is 36.6 Å². The van der Waals surface area contributed by atoms with Crippen molar-refractivity contribution in [2.75, 3.05) is 13.2 Å². The van der Waals surface area contributed by atoms with Crippen LogP contribution in [0.1, 0.15) is 25.7 Å². The summed E-state index contributed by atoms with van der Waals surface area (Å²) in [4.78, 5) is 15.9. The van der Waals surface area contributed by atoms with Crippen LogP contribution in [0.25, 0.3) is 11.4 Å². The van der Waals surface area contributed by atoms with Crippen molar-refractivity contribution >= 4 is 17.5 Å². The second-order valence-electron chi connectivity index (χ2n) is 5.46. The lowest BCUT2D eigenvalue weighted by molar-refractivity contribution is -0.121. The van der Waals surface area contributed by atoms with Crippen molar-refractivity contribution in [2.45, 2.75) is 26.2 Å². The molecule has 2 aromatic rings. The molecule has 7 heteroatoms. The molecule has 0 saturated carbocycles. The van der Waals surface area contributed by atoms with Gasteiger partial charge >= 0.3 is 0 Å². The number of rotatable bonds is 8. The van der Waals surface area contributed by atoms with Crippen molar-refractivity contribution in [1.82, 2.24) is 15.5 Å². The molecule has 0 bridgehead atoms. The zero-order valence-corrected chi connectivity index (χ0v) is 13.7. The van der Waals surface area contributed by atoms with Gasteiger partial charge in [0.1, 0.15) is 0 Å². The Labute approximate surface area is 139 Å². The molecule has 1 aromatic carbocycles. The molecule has 6 nitrogen and oxygen atoms in total. The van der Waals surface area contributed by atoms with Gasteiger partial charge in [-0.25, -0.2) is 0 Å². The minimum atomic E-state index is -0.0391. The van der Waals surface area contributed by atoms with E-state index in [1.54, 1.807) is 12.1 Å². The number of aliphatic hydroxyl groups is 1. The minimum absolute atomic E-state index is 0.0391. The molecule has 1 aromatic heterocycles. The molecule has 0 spiro atoms. The Bertz CT molecular complexity index is 628. The molecule has 0 saturated heterocycles. The number of benzene rings is 1. The van der Waals surface area contributed by atoms with E-state index in [1.165, 1.54) is 0 Å². The number of carbonyl (C=O) groups excluding carboxylic acids is 1. The maximum Gasteiger partial charge on any atom is 0.226 e. The number of halogens is 1. The number of hydrogen-bond acceptors (Lipinski definition) is 5. The van der Waals surface area contributed by atoms with Crippen molar-refractivity contribution in [3.05, 3.63) is 35.2 Å². The molecule has 0 aliphatic carbocycles. The van der Waals surface area contributed by atoms with E-state index in [9.17, 15) is 4.79 Å². The van der Waals surface area contributed by atoms with Crippen LogP contribution in [-0.4, -0.2) is 34.3 Å². The molecule has 1 amide bonds. The molecular weight excluding hydrogens is 318 g/mol. The highest BCUT2D eigenvalue weighted by Gasteiger charge is 2.10. The predicted molar refractivity (Wildman–Crippen MR) is 86.9 cm³/mol. The highest BCUT2D eigenvalue weighted by Crippen LogP contribution is 2.19. The van der Waals surface area contributed by atoms with Gasteiger partial charge in [-0.15, -0.1) is 0 Å². The van der Waals surface area contributed by atoms with E-state index in [0.29, 0.717) is 42.5 Å². The third-order valence-electron chi connectivity index (χ3n) is 3.32. The normalized spacial score (nSPS) is 12.1. The lowest BCUT2D eigenvalue weighted by Crippen LogP contribution is -2.29. The quantitative estimate of drug-likeness (QED) is 0.772. The third-order valence-corrected chi connectivity index (χ3v) is 3.58. The monoisotopic (exact) mass is 337 g/mol. The standard InChI is InChI=1S/C16H20ClN3O3/c1-11(10-21)9-18-14(22)3-2-4-15-19-16(20-23-15)12-5-7-13(17)8-6-12/h5-8,11,21H,2-4,9-10H2,1H3,(H,18,22). The van der Waals surface area contributed by atoms with Crippen LogP contribution in [0.15, 0.2) is 28.8 Å². The average Bonchev–Trinajstić information content (AvgIpc) is 3.02. The fourth-order valence-corrected chi connectivity index (χ4v) is 2.04. The van der Waals surface area contributed by atoms with Crippen molar-refractivity contribution in [3.8, 4) is 11.4 Å². The highest BCUT2D eigenvalue weighted by atomic mass is 35.5. The molecular formula is C16H20ClN3O3. The topological polar surface area (TPSA) is 88.2 Å². The summed E-state index contributed by atoms with van der Waals surface area (Å²) >= 11 is 5.84. The lowest BCUT2D eigenvalue weighted by atomic mass is 10.2. The van der Waals surface area contributed by atoms with Crippen LogP contribution in [0.4, 0.5) is 0 Å². The Kier molecular flexibility index (Phi) is 6.55. The molecule has 0 aliphatic rings. The van der Waals surface area contributed by atoms with E-state index in [2.05, 4.69) is 15.5 Å². The van der Waals surface area contributed by atoms with Gasteiger partial charge in [-0.3, -0.25) is 4.79 Å². The Morgan fingerprint density at radius 3 is 2.83 bits per heavy atom. The summed E-state index contributed by atoms with van der Waals surface area (Å²) in [7, 11) is 0. The number of aryl methyl sites for hydroxylation is 1. The van der Waals surface area contributed by atoms with Crippen LogP contribution in [0.3, 0.4) is 0 Å². The Balaban J connectivity index is 1.77. The number of aliphatic hydroxyl groups excluding tert-OH is 1. The number of nitrogens with one attached hydrogen (secondary N) is 1. The van der Waals surface area contributed by atoms with Gasteiger partial charge in [0, 0.05) is 36.6 Å². The fraction of sp³-hybridized carbons (Fsp3) is 0.438. The van der Waals surface area contributed by atoms with Gasteiger partial charge < -0.3 is 14.9 Å². The Morgan fingerprint density at radius 1 is 1.39 bits per heavy atom. The van der Waals surface area contributed by atoms with E-state index < -0.39 is 0 Å². The van der Waals surface area contributed by atoms with Gasteiger partial charge in [0.25, 0.3) is 0 Å². The van der Waals surface area contributed by atoms with Crippen LogP contribution < -0.4 is 5.32 Å². The van der Waals surface area contributed by atoms with E-state index >= 15 is 0 Å². The smallest absolute Gasteiger partial charge is 0.226 e. The summed E-state index contributed by atoms with van der Waals surface area (Å²) in [5, 5.41) is 16.3. The van der Waals surface area contributed by atoms with E-state index in [1.807, 2.05) is 19.1 Å². The van der Waals surface area contributed by atoms with Crippen molar-refractivity contribution in [3.63, 3.8) is 0 Å². The molecule has 2 N–H and O–H groups in total. The number of nitrogens with zero attached hydrogens (tertiary/aromatic N) is 2. The summed E-state index contributed by atoms with van der Waals surface area (Å²) < 4.78 is 5.19. The molecule has 2 rings (SSSR count). The number of amides is 1. The third kappa shape index (κ3) is 5.65. The molecule has 1 heterocycles. The van der Waals surface area contributed by atoms with Crippen molar-refractivity contribution in [1.29, 1.82) is 0 Å². The molecule has 0 fully saturated rings. The van der Waals surface area contributed by atoms with Crippen molar-refractivity contribution in [2.24, 2.45) is 5.92 Å². The minimum Gasteiger partial charge on any atom is -0.396 e. The van der Waals surface area contributed by atoms with Crippen LogP contribution in [-0.2, 0) is 11.2 Å². The summed E-state index contributed by atoms with van der Waals surface area (Å²) in [6, 6.07) is 7.19. The number of hydrogen-bond donors (Lipinski definition) is 2. The first kappa shape index (κ1) is 17.4. The zero-order valence-electron chi connectivity index (χ0n) is 13.0. The predicted octanol–water partition coefficient (Wildman–Crippen LogP) is 2.46. The summed E-state index contributed by atoms with van der Waals surface area (Å²) in [6.45, 7) is 2.42. The first-order valence-electron chi connectivity index (χ1n) is 7.54. The molecule has 0 aliphatic heterocycles. The van der Waals surface area contributed by atoms with Crippen molar-refractivity contribution < 1.29 is 14.4 Å². The second-order valence-corrected chi connectivity index (χ2v) is 5.90. The molecule has 1 unspecified atom stereocenters. The van der Waals surface area contributed by atoms with Gasteiger partial charge in [0.2, 0.25) is 17.6 Å². The van der Waals surface area contributed by atoms with E-state index in [-0.39, 0.29) is 18.4 Å². The largest absolute Gasteiger partial charge is 0.396 e. The molecule has 23 heavy (non-hydrogen) atoms. The van der Waals surface area contributed by atoms with Gasteiger partial charge in [-0.1, -0.05) is 23.7 Å². The first-order valence-corrected chi connectivity index (χ1v) is 7.92. The fourth-order valence-electron chi connectivity index (χ4n) is 1.91. The Hall–Kier alpha value is -1.92. The van der Waals surface area contributed by atoms with Crippen LogP contribution in [0, 0.1) is 5.92 Å². The summed E-state index contributed by atoms with van der Waals surface area (Å²) in [5.41, 5.74) is 0.833. The lowest BCUT2D eigenvalue weighted by Gasteiger charge is -2.08. The summed E-state index contributed by atoms with van der Waals surface area (Å²) in [5.74, 6) is 1.05. The first-order chi connectivity index (χ1) is 11.1. The SMILES string of the molecule is CC(CO)CNC(=O)CCCc1nc(-c2ccc(Cl)cc2)no1. The van der Waals surface area contributed by atoms with Gasteiger partial charge in [0.05, 0.1) is 0 Å². The number of carbonyl (C=O) groups is 1. The van der Waals surface area contributed by atoms with Crippen LogP contribution in [0.5, 0.6) is 0 Å². The molecule has 0 radical (unpaired) electrons. The molecule has 1 atom stereocenters. The second kappa shape index (κ2) is 8.64. The van der Waals surface area contributed by atoms with Gasteiger partial charge in [-0.2, -0.15) is 4.98 Å². The van der Waals surface area contributed by atoms with Gasteiger partial charge in [0.15, 0.2) is 0 Å². The van der Waals surface area contributed by atoms with Crippen LogP contribution in [0.2, 0.25) is 5.02 Å². The average molecular weight is 338 g/mol.